The molecule has 1 aromatic rings. The van der Waals surface area contributed by atoms with Gasteiger partial charge in [0.05, 0.1) is 25.2 Å². The number of hydrogen-bond acceptors (Lipinski definition) is 6. The van der Waals surface area contributed by atoms with Crippen LogP contribution in [0.5, 0.6) is 0 Å². The summed E-state index contributed by atoms with van der Waals surface area (Å²) < 4.78 is 16.2. The van der Waals surface area contributed by atoms with Crippen molar-refractivity contribution in [1.82, 2.24) is 5.32 Å². The van der Waals surface area contributed by atoms with Crippen LogP contribution in [0.15, 0.2) is 24.3 Å². The second kappa shape index (κ2) is 10.3. The lowest BCUT2D eigenvalue weighted by atomic mass is 9.91. The van der Waals surface area contributed by atoms with Crippen molar-refractivity contribution in [2.45, 2.75) is 78.4 Å². The van der Waals surface area contributed by atoms with Gasteiger partial charge in [0.2, 0.25) is 0 Å². The van der Waals surface area contributed by atoms with E-state index in [1.807, 2.05) is 65.8 Å². The van der Waals surface area contributed by atoms with Gasteiger partial charge < -0.3 is 24.6 Å². The van der Waals surface area contributed by atoms with Gasteiger partial charge in [-0.3, -0.25) is 4.79 Å². The quantitative estimate of drug-likeness (QED) is 0.621. The highest BCUT2D eigenvalue weighted by atomic mass is 16.6. The van der Waals surface area contributed by atoms with E-state index in [1.165, 1.54) is 0 Å². The lowest BCUT2D eigenvalue weighted by Crippen LogP contribution is -2.34. The number of carbonyl (C=O) groups excluding carboxylic acids is 2. The number of amides is 1. The monoisotopic (exact) mass is 421 g/mol. The predicted octanol–water partition coefficient (Wildman–Crippen LogP) is 3.74. The van der Waals surface area contributed by atoms with Crippen molar-refractivity contribution in [3.8, 4) is 0 Å². The summed E-state index contributed by atoms with van der Waals surface area (Å²) >= 11 is 0. The van der Waals surface area contributed by atoms with E-state index in [0.717, 1.165) is 11.1 Å². The van der Waals surface area contributed by atoms with Crippen LogP contribution >= 0.6 is 0 Å². The van der Waals surface area contributed by atoms with Gasteiger partial charge in [0.25, 0.3) is 0 Å². The second-order valence-electron chi connectivity index (χ2n) is 9.26. The topological polar surface area (TPSA) is 94.1 Å². The van der Waals surface area contributed by atoms with Crippen molar-refractivity contribution < 1.29 is 28.9 Å². The smallest absolute Gasteiger partial charge is 0.408 e. The maximum atomic E-state index is 12.0. The molecule has 2 rings (SSSR count). The molecule has 0 spiro atoms. The summed E-state index contributed by atoms with van der Waals surface area (Å²) in [4.78, 5) is 23.8. The molecule has 30 heavy (non-hydrogen) atoms. The van der Waals surface area contributed by atoms with Gasteiger partial charge in [-0.15, -0.1) is 0 Å². The number of aliphatic hydroxyl groups excluding tert-OH is 1. The first-order valence-electron chi connectivity index (χ1n) is 10.5. The fourth-order valence-corrected chi connectivity index (χ4v) is 3.34. The Bertz CT molecular complexity index is 727. The van der Waals surface area contributed by atoms with E-state index in [4.69, 9.17) is 14.2 Å². The minimum Gasteiger partial charge on any atom is -0.459 e. The Kier molecular flexibility index (Phi) is 8.26. The van der Waals surface area contributed by atoms with E-state index >= 15 is 0 Å². The average molecular weight is 422 g/mol. The first-order chi connectivity index (χ1) is 14.0. The number of cyclic esters (lactones) is 1. The summed E-state index contributed by atoms with van der Waals surface area (Å²) in [6.45, 7) is 11.7. The van der Waals surface area contributed by atoms with Gasteiger partial charge in [-0.05, 0) is 44.7 Å². The first-order valence-corrected chi connectivity index (χ1v) is 10.5. The highest BCUT2D eigenvalue weighted by Gasteiger charge is 2.39. The SMILES string of the molecule is CC(NC(=O)OC(C)(C)C)c1cccc(COCC(O)C2CC(C(C)C)C(=O)O2)c1. The third-order valence-electron chi connectivity index (χ3n) is 5.03. The van der Waals surface area contributed by atoms with Gasteiger partial charge in [-0.2, -0.15) is 0 Å². The molecule has 4 atom stereocenters. The predicted molar refractivity (Wildman–Crippen MR) is 113 cm³/mol. The zero-order valence-electron chi connectivity index (χ0n) is 18.8. The van der Waals surface area contributed by atoms with Crippen molar-refractivity contribution >= 4 is 12.1 Å². The highest BCUT2D eigenvalue weighted by Crippen LogP contribution is 2.29. The summed E-state index contributed by atoms with van der Waals surface area (Å²) in [5.41, 5.74) is 1.29. The van der Waals surface area contributed by atoms with Gasteiger partial charge in [-0.1, -0.05) is 38.1 Å². The Balaban J connectivity index is 1.83. The third kappa shape index (κ3) is 7.29. The number of carbonyl (C=O) groups is 2. The van der Waals surface area contributed by atoms with Crippen LogP contribution in [0.3, 0.4) is 0 Å². The standard InChI is InChI=1S/C23H35NO6/c1-14(2)18-11-20(29-21(18)26)19(25)13-28-12-16-8-7-9-17(10-16)15(3)24-22(27)30-23(4,5)6/h7-10,14-15,18-20,25H,11-13H2,1-6H3,(H,24,27). The minimum atomic E-state index is -0.853. The molecule has 168 valence electrons. The number of hydrogen-bond donors (Lipinski definition) is 2. The summed E-state index contributed by atoms with van der Waals surface area (Å²) in [5.74, 6) is -0.219. The summed E-state index contributed by atoms with van der Waals surface area (Å²) in [6, 6.07) is 7.45. The molecule has 1 fully saturated rings. The normalized spacial score (nSPS) is 21.3. The van der Waals surface area contributed by atoms with Crippen LogP contribution in [0.2, 0.25) is 0 Å². The molecule has 1 aliphatic rings. The molecule has 1 saturated heterocycles. The van der Waals surface area contributed by atoms with E-state index in [9.17, 15) is 14.7 Å². The molecule has 1 heterocycles. The Hall–Kier alpha value is -2.12. The molecule has 0 aliphatic carbocycles. The number of nitrogens with one attached hydrogen (secondary N) is 1. The van der Waals surface area contributed by atoms with Crippen molar-refractivity contribution in [2.24, 2.45) is 11.8 Å². The fourth-order valence-electron chi connectivity index (χ4n) is 3.34. The summed E-state index contributed by atoms with van der Waals surface area (Å²) in [5, 5.41) is 13.1. The number of esters is 1. The molecular formula is C23H35NO6. The van der Waals surface area contributed by atoms with Crippen LogP contribution in [0.1, 0.15) is 65.1 Å². The van der Waals surface area contributed by atoms with E-state index < -0.39 is 23.9 Å². The van der Waals surface area contributed by atoms with Crippen LogP contribution in [-0.2, 0) is 25.6 Å². The van der Waals surface area contributed by atoms with Crippen molar-refractivity contribution in [3.63, 3.8) is 0 Å². The summed E-state index contributed by atoms with van der Waals surface area (Å²) in [7, 11) is 0. The number of ether oxygens (including phenoxy) is 3. The van der Waals surface area contributed by atoms with E-state index in [-0.39, 0.29) is 30.5 Å². The Morgan fingerprint density at radius 3 is 2.60 bits per heavy atom. The zero-order chi connectivity index (χ0) is 22.5. The molecule has 7 nitrogen and oxygen atoms in total. The van der Waals surface area contributed by atoms with E-state index in [0.29, 0.717) is 13.0 Å². The second-order valence-corrected chi connectivity index (χ2v) is 9.26. The molecule has 1 amide bonds. The van der Waals surface area contributed by atoms with Crippen molar-refractivity contribution in [3.05, 3.63) is 35.4 Å². The molecule has 1 aliphatic heterocycles. The molecule has 1 aromatic carbocycles. The number of benzene rings is 1. The number of rotatable bonds is 8. The third-order valence-corrected chi connectivity index (χ3v) is 5.03. The number of alkyl carbamates (subject to hydrolysis) is 1. The molecule has 0 radical (unpaired) electrons. The lowest BCUT2D eigenvalue weighted by Gasteiger charge is -2.22. The molecule has 0 bridgehead atoms. The van der Waals surface area contributed by atoms with E-state index in [1.54, 1.807) is 0 Å². The maximum Gasteiger partial charge on any atom is 0.408 e. The molecule has 7 heteroatoms. The van der Waals surface area contributed by atoms with Gasteiger partial charge >= 0.3 is 12.1 Å². The Labute approximate surface area is 179 Å². The molecule has 0 saturated carbocycles. The first kappa shape index (κ1) is 24.2. The van der Waals surface area contributed by atoms with Crippen LogP contribution in [0.4, 0.5) is 4.79 Å². The van der Waals surface area contributed by atoms with Crippen molar-refractivity contribution in [1.29, 1.82) is 0 Å². The van der Waals surface area contributed by atoms with Gasteiger partial charge in [0.1, 0.15) is 17.8 Å². The van der Waals surface area contributed by atoms with Crippen LogP contribution < -0.4 is 5.32 Å². The highest BCUT2D eigenvalue weighted by molar-refractivity contribution is 5.75. The van der Waals surface area contributed by atoms with Crippen LogP contribution in [0.25, 0.3) is 0 Å². The molecule has 2 N–H and O–H groups in total. The van der Waals surface area contributed by atoms with Gasteiger partial charge in [0.15, 0.2) is 0 Å². The lowest BCUT2D eigenvalue weighted by molar-refractivity contribution is -0.150. The maximum absolute atomic E-state index is 12.0. The Morgan fingerprint density at radius 2 is 2.00 bits per heavy atom. The minimum absolute atomic E-state index is 0.0820. The summed E-state index contributed by atoms with van der Waals surface area (Å²) in [6.07, 6.45) is -1.32. The molecule has 4 unspecified atom stereocenters. The molecular weight excluding hydrogens is 386 g/mol. The average Bonchev–Trinajstić information content (AvgIpc) is 3.02. The zero-order valence-corrected chi connectivity index (χ0v) is 18.8. The largest absolute Gasteiger partial charge is 0.459 e. The van der Waals surface area contributed by atoms with Crippen LogP contribution in [0, 0.1) is 11.8 Å². The fraction of sp³-hybridized carbons (Fsp3) is 0.652. The van der Waals surface area contributed by atoms with Crippen molar-refractivity contribution in [2.75, 3.05) is 6.61 Å². The van der Waals surface area contributed by atoms with Gasteiger partial charge in [-0.25, -0.2) is 4.79 Å². The van der Waals surface area contributed by atoms with Crippen LogP contribution in [-0.4, -0.2) is 41.6 Å². The molecule has 0 aromatic heterocycles. The van der Waals surface area contributed by atoms with Gasteiger partial charge in [0, 0.05) is 6.42 Å². The van der Waals surface area contributed by atoms with E-state index in [2.05, 4.69) is 5.32 Å². The number of aliphatic hydroxyl groups is 1. The Morgan fingerprint density at radius 1 is 1.30 bits per heavy atom.